The smallest absolute Gasteiger partial charge is 0.191 e. The molecule has 0 saturated heterocycles. The SMILES string of the molecule is CCNC(=NCc1ncccc1F)NCCCn1c(C)nc2ccccc21. The van der Waals surface area contributed by atoms with Crippen molar-refractivity contribution in [1.82, 2.24) is 25.2 Å². The summed E-state index contributed by atoms with van der Waals surface area (Å²) in [5, 5.41) is 6.47. The van der Waals surface area contributed by atoms with Crippen LogP contribution < -0.4 is 10.6 Å². The van der Waals surface area contributed by atoms with Crippen molar-refractivity contribution in [1.29, 1.82) is 0 Å². The van der Waals surface area contributed by atoms with E-state index in [0.717, 1.165) is 42.9 Å². The van der Waals surface area contributed by atoms with Gasteiger partial charge >= 0.3 is 0 Å². The quantitative estimate of drug-likeness (QED) is 0.382. The maximum absolute atomic E-state index is 13.7. The van der Waals surface area contributed by atoms with Gasteiger partial charge < -0.3 is 15.2 Å². The molecule has 0 aliphatic heterocycles. The molecule has 0 fully saturated rings. The molecule has 0 unspecified atom stereocenters. The fourth-order valence-electron chi connectivity index (χ4n) is 2.95. The van der Waals surface area contributed by atoms with E-state index in [9.17, 15) is 4.39 Å². The molecule has 0 radical (unpaired) electrons. The van der Waals surface area contributed by atoms with Crippen LogP contribution in [0.2, 0.25) is 0 Å². The number of rotatable bonds is 7. The molecule has 0 aliphatic carbocycles. The minimum absolute atomic E-state index is 0.202. The Balaban J connectivity index is 1.56. The molecule has 3 aromatic rings. The van der Waals surface area contributed by atoms with Crippen molar-refractivity contribution in [3.63, 3.8) is 0 Å². The summed E-state index contributed by atoms with van der Waals surface area (Å²) in [5.74, 6) is 1.34. The zero-order valence-electron chi connectivity index (χ0n) is 15.7. The van der Waals surface area contributed by atoms with Crippen molar-refractivity contribution < 1.29 is 4.39 Å². The number of nitrogens with one attached hydrogen (secondary N) is 2. The van der Waals surface area contributed by atoms with Crippen LogP contribution in [-0.4, -0.2) is 33.6 Å². The van der Waals surface area contributed by atoms with Crippen LogP contribution in [0.5, 0.6) is 0 Å². The maximum atomic E-state index is 13.7. The molecule has 2 aromatic heterocycles. The van der Waals surface area contributed by atoms with E-state index in [1.807, 2.05) is 32.0 Å². The van der Waals surface area contributed by atoms with Gasteiger partial charge in [0.25, 0.3) is 0 Å². The highest BCUT2D eigenvalue weighted by Gasteiger charge is 2.06. The molecule has 0 amide bonds. The van der Waals surface area contributed by atoms with Crippen molar-refractivity contribution in [2.24, 2.45) is 4.99 Å². The molecule has 0 atom stereocenters. The lowest BCUT2D eigenvalue weighted by Crippen LogP contribution is -2.38. The second-order valence-electron chi connectivity index (χ2n) is 6.21. The Kier molecular flexibility index (Phi) is 6.35. The molecule has 2 N–H and O–H groups in total. The number of nitrogens with zero attached hydrogens (tertiary/aromatic N) is 4. The number of imidazole rings is 1. The molecule has 0 aliphatic rings. The van der Waals surface area contributed by atoms with Crippen LogP contribution in [0.25, 0.3) is 11.0 Å². The number of benzene rings is 1. The molecule has 6 nitrogen and oxygen atoms in total. The number of fused-ring (bicyclic) bond motifs is 1. The van der Waals surface area contributed by atoms with E-state index in [1.54, 1.807) is 12.3 Å². The molecular weight excluding hydrogens is 343 g/mol. The highest BCUT2D eigenvalue weighted by Crippen LogP contribution is 2.15. The monoisotopic (exact) mass is 368 g/mol. The summed E-state index contributed by atoms with van der Waals surface area (Å²) in [5.41, 5.74) is 2.52. The van der Waals surface area contributed by atoms with Gasteiger partial charge in [0.15, 0.2) is 5.96 Å². The zero-order chi connectivity index (χ0) is 19.1. The summed E-state index contributed by atoms with van der Waals surface area (Å²) >= 11 is 0. The minimum atomic E-state index is -0.334. The number of pyridine rings is 1. The van der Waals surface area contributed by atoms with E-state index in [1.165, 1.54) is 6.07 Å². The van der Waals surface area contributed by atoms with Gasteiger partial charge in [-0.25, -0.2) is 14.4 Å². The van der Waals surface area contributed by atoms with Crippen LogP contribution in [0.1, 0.15) is 24.9 Å². The van der Waals surface area contributed by atoms with E-state index in [4.69, 9.17) is 0 Å². The number of para-hydroxylation sites is 2. The molecule has 0 spiro atoms. The number of guanidine groups is 1. The molecule has 0 bridgehead atoms. The zero-order valence-corrected chi connectivity index (χ0v) is 15.7. The molecule has 0 saturated carbocycles. The molecule has 1 aromatic carbocycles. The molecule has 7 heteroatoms. The van der Waals surface area contributed by atoms with E-state index >= 15 is 0 Å². The Morgan fingerprint density at radius 3 is 2.85 bits per heavy atom. The summed E-state index contributed by atoms with van der Waals surface area (Å²) in [7, 11) is 0. The second kappa shape index (κ2) is 9.12. The Bertz CT molecular complexity index is 918. The predicted octanol–water partition coefficient (Wildman–Crippen LogP) is 3.02. The first-order valence-corrected chi connectivity index (χ1v) is 9.22. The lowest BCUT2D eigenvalue weighted by molar-refractivity contribution is 0.598. The lowest BCUT2D eigenvalue weighted by Gasteiger charge is -2.12. The van der Waals surface area contributed by atoms with E-state index in [0.29, 0.717) is 11.7 Å². The summed E-state index contributed by atoms with van der Waals surface area (Å²) in [6.07, 6.45) is 2.50. The van der Waals surface area contributed by atoms with Crippen LogP contribution in [-0.2, 0) is 13.1 Å². The summed E-state index contributed by atoms with van der Waals surface area (Å²) in [6, 6.07) is 11.1. The summed E-state index contributed by atoms with van der Waals surface area (Å²) in [6.45, 7) is 6.59. The first-order valence-electron chi connectivity index (χ1n) is 9.22. The van der Waals surface area contributed by atoms with E-state index in [2.05, 4.69) is 36.2 Å². The van der Waals surface area contributed by atoms with E-state index < -0.39 is 0 Å². The Hall–Kier alpha value is -2.96. The average Bonchev–Trinajstić information content (AvgIpc) is 2.99. The van der Waals surface area contributed by atoms with Crippen LogP contribution >= 0.6 is 0 Å². The number of hydrogen-bond acceptors (Lipinski definition) is 3. The largest absolute Gasteiger partial charge is 0.357 e. The highest BCUT2D eigenvalue weighted by molar-refractivity contribution is 5.79. The van der Waals surface area contributed by atoms with Crippen molar-refractivity contribution in [2.45, 2.75) is 33.4 Å². The van der Waals surface area contributed by atoms with Crippen LogP contribution in [0, 0.1) is 12.7 Å². The van der Waals surface area contributed by atoms with Gasteiger partial charge in [-0.3, -0.25) is 4.98 Å². The van der Waals surface area contributed by atoms with Gasteiger partial charge in [-0.2, -0.15) is 0 Å². The minimum Gasteiger partial charge on any atom is -0.357 e. The summed E-state index contributed by atoms with van der Waals surface area (Å²) < 4.78 is 15.9. The first-order chi connectivity index (χ1) is 13.2. The topological polar surface area (TPSA) is 67.1 Å². The van der Waals surface area contributed by atoms with Gasteiger partial charge in [0.05, 0.1) is 23.3 Å². The fourth-order valence-corrected chi connectivity index (χ4v) is 2.95. The van der Waals surface area contributed by atoms with Crippen LogP contribution in [0.3, 0.4) is 0 Å². The van der Waals surface area contributed by atoms with Crippen molar-refractivity contribution in [3.8, 4) is 0 Å². The van der Waals surface area contributed by atoms with Gasteiger partial charge in [0, 0.05) is 25.8 Å². The number of aromatic nitrogens is 3. The van der Waals surface area contributed by atoms with Crippen LogP contribution in [0.15, 0.2) is 47.6 Å². The molecule has 3 rings (SSSR count). The lowest BCUT2D eigenvalue weighted by atomic mass is 10.3. The molecule has 142 valence electrons. The fraction of sp³-hybridized carbons (Fsp3) is 0.350. The number of hydrogen-bond donors (Lipinski definition) is 2. The summed E-state index contributed by atoms with van der Waals surface area (Å²) in [4.78, 5) is 13.0. The standard InChI is InChI=1S/C20H25FN6/c1-3-22-20(25-14-18-16(21)8-6-11-23-18)24-12-7-13-27-15(2)26-17-9-4-5-10-19(17)27/h4-6,8-11H,3,7,12-14H2,1-2H3,(H2,22,24,25). The maximum Gasteiger partial charge on any atom is 0.191 e. The van der Waals surface area contributed by atoms with E-state index in [-0.39, 0.29) is 12.4 Å². The van der Waals surface area contributed by atoms with Crippen molar-refractivity contribution >= 4 is 17.0 Å². The Morgan fingerprint density at radius 1 is 1.19 bits per heavy atom. The normalized spacial score (nSPS) is 11.7. The molecule has 2 heterocycles. The van der Waals surface area contributed by atoms with Crippen LogP contribution in [0.4, 0.5) is 4.39 Å². The van der Waals surface area contributed by atoms with Gasteiger partial charge in [0.2, 0.25) is 0 Å². The highest BCUT2D eigenvalue weighted by atomic mass is 19.1. The van der Waals surface area contributed by atoms with Gasteiger partial charge in [-0.15, -0.1) is 0 Å². The Labute approximate surface area is 158 Å². The van der Waals surface area contributed by atoms with Gasteiger partial charge in [-0.1, -0.05) is 12.1 Å². The third kappa shape index (κ3) is 4.81. The number of aryl methyl sites for hydroxylation is 2. The number of aliphatic imine (C=N–C) groups is 1. The van der Waals surface area contributed by atoms with Crippen molar-refractivity contribution in [2.75, 3.05) is 13.1 Å². The molecular formula is C20H25FN6. The Morgan fingerprint density at radius 2 is 2.04 bits per heavy atom. The number of halogens is 1. The molecule has 27 heavy (non-hydrogen) atoms. The van der Waals surface area contributed by atoms with Crippen molar-refractivity contribution in [3.05, 3.63) is 59.9 Å². The van der Waals surface area contributed by atoms with Gasteiger partial charge in [0.1, 0.15) is 11.6 Å². The first kappa shape index (κ1) is 18.8. The third-order valence-corrected chi connectivity index (χ3v) is 4.26. The predicted molar refractivity (Wildman–Crippen MR) is 106 cm³/mol. The van der Waals surface area contributed by atoms with Gasteiger partial charge in [-0.05, 0) is 44.5 Å². The second-order valence-corrected chi connectivity index (χ2v) is 6.21. The third-order valence-electron chi connectivity index (χ3n) is 4.26. The average molecular weight is 368 g/mol.